The van der Waals surface area contributed by atoms with Gasteiger partial charge in [0.2, 0.25) is 5.91 Å². The van der Waals surface area contributed by atoms with Gasteiger partial charge in [0.25, 0.3) is 0 Å². The topological polar surface area (TPSA) is 51.2 Å². The van der Waals surface area contributed by atoms with Crippen LogP contribution in [0.3, 0.4) is 0 Å². The SMILES string of the molecule is CCCCCCC(=O)NCc1ccc(-c2ccc(OC)c(C)c2)c2ccncc12. The minimum Gasteiger partial charge on any atom is -0.496 e. The zero-order valence-corrected chi connectivity index (χ0v) is 17.6. The van der Waals surface area contributed by atoms with E-state index in [0.717, 1.165) is 51.6 Å². The molecule has 1 amide bonds. The third-order valence-electron chi connectivity index (χ3n) is 5.35. The molecule has 29 heavy (non-hydrogen) atoms. The summed E-state index contributed by atoms with van der Waals surface area (Å²) in [4.78, 5) is 16.5. The summed E-state index contributed by atoms with van der Waals surface area (Å²) in [5.74, 6) is 1.01. The maximum Gasteiger partial charge on any atom is 0.220 e. The average Bonchev–Trinajstić information content (AvgIpc) is 2.75. The molecular formula is C25H30N2O2. The van der Waals surface area contributed by atoms with Crippen molar-refractivity contribution in [3.63, 3.8) is 0 Å². The van der Waals surface area contributed by atoms with Crippen LogP contribution in [0.1, 0.15) is 50.2 Å². The number of hydrogen-bond donors (Lipinski definition) is 1. The molecule has 1 heterocycles. The van der Waals surface area contributed by atoms with E-state index in [4.69, 9.17) is 4.74 Å². The maximum absolute atomic E-state index is 12.2. The van der Waals surface area contributed by atoms with Gasteiger partial charge in [0.1, 0.15) is 5.75 Å². The number of carbonyl (C=O) groups is 1. The monoisotopic (exact) mass is 390 g/mol. The third-order valence-corrected chi connectivity index (χ3v) is 5.35. The Labute approximate surface area is 173 Å². The molecule has 0 aliphatic carbocycles. The van der Waals surface area contributed by atoms with Gasteiger partial charge in [-0.1, -0.05) is 44.4 Å². The van der Waals surface area contributed by atoms with Crippen molar-refractivity contribution in [3.05, 3.63) is 59.9 Å². The van der Waals surface area contributed by atoms with Crippen LogP contribution < -0.4 is 10.1 Å². The number of carbonyl (C=O) groups excluding carboxylic acids is 1. The van der Waals surface area contributed by atoms with Crippen LogP contribution in [0.25, 0.3) is 21.9 Å². The maximum atomic E-state index is 12.2. The smallest absolute Gasteiger partial charge is 0.220 e. The number of nitrogens with one attached hydrogen (secondary N) is 1. The normalized spacial score (nSPS) is 10.9. The first kappa shape index (κ1) is 20.8. The molecule has 0 atom stereocenters. The molecule has 2 aromatic carbocycles. The molecule has 0 saturated carbocycles. The van der Waals surface area contributed by atoms with Crippen LogP contribution in [-0.4, -0.2) is 18.0 Å². The number of fused-ring (bicyclic) bond motifs is 1. The van der Waals surface area contributed by atoms with E-state index in [9.17, 15) is 4.79 Å². The molecule has 152 valence electrons. The highest BCUT2D eigenvalue weighted by molar-refractivity contribution is 5.98. The molecule has 0 aliphatic rings. The van der Waals surface area contributed by atoms with Crippen LogP contribution in [0.4, 0.5) is 0 Å². The van der Waals surface area contributed by atoms with Crippen LogP contribution >= 0.6 is 0 Å². The average molecular weight is 391 g/mol. The largest absolute Gasteiger partial charge is 0.496 e. The summed E-state index contributed by atoms with van der Waals surface area (Å²) < 4.78 is 5.39. The standard InChI is InChI=1S/C25H30N2O2/c1-4-5-6-7-8-25(28)27-16-20-9-11-21(22-13-14-26-17-23(20)22)19-10-12-24(29-3)18(2)15-19/h9-15,17H,4-8,16H2,1-3H3,(H,27,28). The molecule has 3 aromatic rings. The van der Waals surface area contributed by atoms with Gasteiger partial charge in [-0.25, -0.2) is 0 Å². The summed E-state index contributed by atoms with van der Waals surface area (Å²) in [6.07, 6.45) is 8.75. The molecule has 0 saturated heterocycles. The minimum atomic E-state index is 0.119. The zero-order chi connectivity index (χ0) is 20.6. The molecule has 1 aromatic heterocycles. The fourth-order valence-electron chi connectivity index (χ4n) is 3.70. The zero-order valence-electron chi connectivity index (χ0n) is 17.6. The van der Waals surface area contributed by atoms with E-state index < -0.39 is 0 Å². The summed E-state index contributed by atoms with van der Waals surface area (Å²) in [5, 5.41) is 5.28. The highest BCUT2D eigenvalue weighted by atomic mass is 16.5. The Kier molecular flexibility index (Phi) is 7.23. The van der Waals surface area contributed by atoms with Crippen molar-refractivity contribution < 1.29 is 9.53 Å². The van der Waals surface area contributed by atoms with Gasteiger partial charge >= 0.3 is 0 Å². The molecule has 4 nitrogen and oxygen atoms in total. The Morgan fingerprint density at radius 1 is 1.07 bits per heavy atom. The van der Waals surface area contributed by atoms with Gasteiger partial charge in [-0.3, -0.25) is 9.78 Å². The second-order valence-corrected chi connectivity index (χ2v) is 7.47. The Morgan fingerprint density at radius 2 is 1.93 bits per heavy atom. The number of rotatable bonds is 9. The van der Waals surface area contributed by atoms with Crippen molar-refractivity contribution in [3.8, 4) is 16.9 Å². The summed E-state index contributed by atoms with van der Waals surface area (Å²) in [7, 11) is 1.69. The first-order valence-corrected chi connectivity index (χ1v) is 10.4. The van der Waals surface area contributed by atoms with Gasteiger partial charge in [0, 0.05) is 30.7 Å². The van der Waals surface area contributed by atoms with Gasteiger partial charge in [-0.15, -0.1) is 0 Å². The number of methoxy groups -OCH3 is 1. The third kappa shape index (κ3) is 5.14. The summed E-state index contributed by atoms with van der Waals surface area (Å²) in [6, 6.07) is 12.5. The number of hydrogen-bond acceptors (Lipinski definition) is 3. The fraction of sp³-hybridized carbons (Fsp3) is 0.360. The second kappa shape index (κ2) is 10.1. The Bertz CT molecular complexity index is 982. The van der Waals surface area contributed by atoms with E-state index in [1.807, 2.05) is 24.5 Å². The summed E-state index contributed by atoms with van der Waals surface area (Å²) in [5.41, 5.74) is 4.49. The van der Waals surface area contributed by atoms with E-state index in [-0.39, 0.29) is 5.91 Å². The number of ether oxygens (including phenoxy) is 1. The number of unbranched alkanes of at least 4 members (excludes halogenated alkanes) is 3. The number of pyridine rings is 1. The predicted molar refractivity (Wildman–Crippen MR) is 119 cm³/mol. The molecule has 0 unspecified atom stereocenters. The number of aromatic nitrogens is 1. The van der Waals surface area contributed by atoms with E-state index >= 15 is 0 Å². The molecule has 1 N–H and O–H groups in total. The van der Waals surface area contributed by atoms with Gasteiger partial charge in [-0.2, -0.15) is 0 Å². The Hall–Kier alpha value is -2.88. The number of nitrogens with zero attached hydrogens (tertiary/aromatic N) is 1. The van der Waals surface area contributed by atoms with Crippen LogP contribution in [-0.2, 0) is 11.3 Å². The van der Waals surface area contributed by atoms with Crippen LogP contribution in [0.2, 0.25) is 0 Å². The molecular weight excluding hydrogens is 360 g/mol. The Morgan fingerprint density at radius 3 is 2.69 bits per heavy atom. The van der Waals surface area contributed by atoms with Crippen molar-refractivity contribution >= 4 is 16.7 Å². The lowest BCUT2D eigenvalue weighted by molar-refractivity contribution is -0.121. The number of aryl methyl sites for hydroxylation is 1. The lowest BCUT2D eigenvalue weighted by Gasteiger charge is -2.13. The Balaban J connectivity index is 1.81. The summed E-state index contributed by atoms with van der Waals surface area (Å²) in [6.45, 7) is 4.75. The first-order valence-electron chi connectivity index (χ1n) is 10.4. The number of amides is 1. The highest BCUT2D eigenvalue weighted by Crippen LogP contribution is 2.32. The van der Waals surface area contributed by atoms with Gasteiger partial charge in [0.05, 0.1) is 7.11 Å². The molecule has 4 heteroatoms. The van der Waals surface area contributed by atoms with E-state index in [2.05, 4.69) is 48.4 Å². The van der Waals surface area contributed by atoms with Gasteiger partial charge in [-0.05, 0) is 59.2 Å². The van der Waals surface area contributed by atoms with E-state index in [1.54, 1.807) is 7.11 Å². The minimum absolute atomic E-state index is 0.119. The first-order chi connectivity index (χ1) is 14.1. The van der Waals surface area contributed by atoms with Crippen LogP contribution in [0.15, 0.2) is 48.8 Å². The van der Waals surface area contributed by atoms with Crippen LogP contribution in [0.5, 0.6) is 5.75 Å². The van der Waals surface area contributed by atoms with Gasteiger partial charge < -0.3 is 10.1 Å². The molecule has 0 spiro atoms. The lowest BCUT2D eigenvalue weighted by atomic mass is 9.95. The van der Waals surface area contributed by atoms with Gasteiger partial charge in [0.15, 0.2) is 0 Å². The van der Waals surface area contributed by atoms with E-state index in [1.165, 1.54) is 12.8 Å². The quantitative estimate of drug-likeness (QED) is 0.469. The summed E-state index contributed by atoms with van der Waals surface area (Å²) >= 11 is 0. The molecule has 3 rings (SSSR count). The lowest BCUT2D eigenvalue weighted by Crippen LogP contribution is -2.22. The van der Waals surface area contributed by atoms with Crippen molar-refractivity contribution in [2.45, 2.75) is 52.5 Å². The molecule has 0 radical (unpaired) electrons. The molecule has 0 aliphatic heterocycles. The highest BCUT2D eigenvalue weighted by Gasteiger charge is 2.10. The van der Waals surface area contributed by atoms with Crippen molar-refractivity contribution in [1.82, 2.24) is 10.3 Å². The second-order valence-electron chi connectivity index (χ2n) is 7.47. The fourth-order valence-corrected chi connectivity index (χ4v) is 3.70. The molecule has 0 fully saturated rings. The van der Waals surface area contributed by atoms with E-state index in [0.29, 0.717) is 13.0 Å². The van der Waals surface area contributed by atoms with Crippen molar-refractivity contribution in [2.75, 3.05) is 7.11 Å². The van der Waals surface area contributed by atoms with Crippen molar-refractivity contribution in [2.24, 2.45) is 0 Å². The predicted octanol–water partition coefficient (Wildman–Crippen LogP) is 5.81. The molecule has 0 bridgehead atoms. The van der Waals surface area contributed by atoms with Crippen molar-refractivity contribution in [1.29, 1.82) is 0 Å². The van der Waals surface area contributed by atoms with Crippen LogP contribution in [0, 0.1) is 6.92 Å². The number of benzene rings is 2.